The van der Waals surface area contributed by atoms with Crippen LogP contribution in [0.2, 0.25) is 0 Å². The van der Waals surface area contributed by atoms with E-state index < -0.39 is 0 Å². The van der Waals surface area contributed by atoms with Crippen LogP contribution < -0.4 is 0 Å². The number of amides is 2. The lowest BCUT2D eigenvalue weighted by molar-refractivity contribution is 0.0843. The molecular weight excluding hydrogens is 176 g/mol. The molecule has 0 unspecified atom stereocenters. The van der Waals surface area contributed by atoms with E-state index in [2.05, 4.69) is 41.5 Å². The largest absolute Gasteiger partial charge is 0.358 e. The summed E-state index contributed by atoms with van der Waals surface area (Å²) in [5.74, 6) is 0. The first-order valence-electron chi connectivity index (χ1n) is 5.42. The summed E-state index contributed by atoms with van der Waals surface area (Å²) in [6, 6.07) is 0.170. The van der Waals surface area contributed by atoms with E-state index in [-0.39, 0.29) is 17.1 Å². The number of hydrazine groups is 1. The van der Waals surface area contributed by atoms with Crippen molar-refractivity contribution in [3.05, 3.63) is 0 Å². The topological polar surface area (TPSA) is 23.1 Å². The van der Waals surface area contributed by atoms with E-state index in [0.717, 1.165) is 12.8 Å². The lowest BCUT2D eigenvalue weighted by atomic mass is 10.0. The molecule has 0 aromatic rings. The van der Waals surface area contributed by atoms with Crippen LogP contribution in [0, 0.1) is 0 Å². The van der Waals surface area contributed by atoms with Gasteiger partial charge >= 0.3 is 6.03 Å². The van der Waals surface area contributed by atoms with Crippen molar-refractivity contribution in [2.75, 3.05) is 0 Å². The van der Waals surface area contributed by atoms with E-state index in [4.69, 9.17) is 0 Å². The van der Waals surface area contributed by atoms with Gasteiger partial charge in [-0.15, -0.1) is 0 Å². The molecule has 82 valence electrons. The highest BCUT2D eigenvalue weighted by atomic mass is 16.2. The molecule has 0 aromatic carbocycles. The number of urea groups is 1. The molecule has 2 amide bonds. The predicted octanol–water partition coefficient (Wildman–Crippen LogP) is 3.02. The Bertz CT molecular complexity index is 222. The number of carbonyl (C=O) groups is 1. The van der Waals surface area contributed by atoms with Crippen molar-refractivity contribution in [1.29, 1.82) is 0 Å². The fraction of sp³-hybridized carbons (Fsp3) is 0.909. The molecule has 0 saturated carbocycles. The SMILES string of the molecule is CCC(C)(C)N1C(=O)N1C(C)(C)CC. The van der Waals surface area contributed by atoms with E-state index in [0.29, 0.717) is 0 Å². The van der Waals surface area contributed by atoms with Gasteiger partial charge in [0.15, 0.2) is 0 Å². The maximum atomic E-state index is 11.7. The van der Waals surface area contributed by atoms with E-state index >= 15 is 0 Å². The van der Waals surface area contributed by atoms with Crippen molar-refractivity contribution < 1.29 is 4.79 Å². The average Bonchev–Trinajstić information content (AvgIpc) is 2.79. The van der Waals surface area contributed by atoms with Gasteiger partial charge in [-0.1, -0.05) is 13.8 Å². The molecule has 1 aliphatic rings. The molecule has 1 aliphatic heterocycles. The minimum Gasteiger partial charge on any atom is -0.244 e. The van der Waals surface area contributed by atoms with Gasteiger partial charge in [-0.25, -0.2) is 14.8 Å². The Morgan fingerprint density at radius 1 is 0.929 bits per heavy atom. The van der Waals surface area contributed by atoms with Crippen LogP contribution in [0.4, 0.5) is 4.79 Å². The van der Waals surface area contributed by atoms with Crippen LogP contribution in [0.5, 0.6) is 0 Å². The summed E-state index contributed by atoms with van der Waals surface area (Å²) >= 11 is 0. The van der Waals surface area contributed by atoms with Crippen LogP contribution in [0.3, 0.4) is 0 Å². The van der Waals surface area contributed by atoms with E-state index in [1.165, 1.54) is 0 Å². The molecule has 3 nitrogen and oxygen atoms in total. The molecule has 1 heterocycles. The van der Waals surface area contributed by atoms with Gasteiger partial charge in [0.25, 0.3) is 0 Å². The highest BCUT2D eigenvalue weighted by Gasteiger charge is 2.56. The number of nitrogens with zero attached hydrogens (tertiary/aromatic N) is 2. The quantitative estimate of drug-likeness (QED) is 0.637. The maximum absolute atomic E-state index is 11.7. The summed E-state index contributed by atoms with van der Waals surface area (Å²) in [6.07, 6.45) is 1.96. The Balaban J connectivity index is 2.77. The molecule has 14 heavy (non-hydrogen) atoms. The molecular formula is C11H22N2O. The van der Waals surface area contributed by atoms with E-state index in [9.17, 15) is 4.79 Å². The van der Waals surface area contributed by atoms with Gasteiger partial charge in [0.05, 0.1) is 11.1 Å². The average molecular weight is 198 g/mol. The highest BCUT2D eigenvalue weighted by Crippen LogP contribution is 2.39. The fourth-order valence-electron chi connectivity index (χ4n) is 1.49. The first kappa shape index (κ1) is 11.3. The molecule has 0 aliphatic carbocycles. The molecule has 0 atom stereocenters. The maximum Gasteiger partial charge on any atom is 0.358 e. The summed E-state index contributed by atoms with van der Waals surface area (Å²) < 4.78 is 0. The van der Waals surface area contributed by atoms with Gasteiger partial charge in [-0.3, -0.25) is 0 Å². The number of carbonyl (C=O) groups excluding carboxylic acids is 1. The van der Waals surface area contributed by atoms with Crippen LogP contribution in [0.15, 0.2) is 0 Å². The van der Waals surface area contributed by atoms with Gasteiger partial charge in [-0.05, 0) is 40.5 Å². The summed E-state index contributed by atoms with van der Waals surface area (Å²) in [4.78, 5) is 11.7. The Morgan fingerprint density at radius 3 is 1.43 bits per heavy atom. The lowest BCUT2D eigenvalue weighted by Gasteiger charge is -2.30. The molecule has 1 saturated heterocycles. The first-order valence-corrected chi connectivity index (χ1v) is 5.42. The zero-order valence-corrected chi connectivity index (χ0v) is 10.2. The number of hydrogen-bond donors (Lipinski definition) is 0. The van der Waals surface area contributed by atoms with Crippen molar-refractivity contribution in [1.82, 2.24) is 10.0 Å². The Kier molecular flexibility index (Phi) is 2.55. The summed E-state index contributed by atoms with van der Waals surface area (Å²) in [5.41, 5.74) is -0.0763. The third kappa shape index (κ3) is 1.60. The highest BCUT2D eigenvalue weighted by molar-refractivity contribution is 5.87. The molecule has 0 radical (unpaired) electrons. The van der Waals surface area contributed by atoms with Crippen LogP contribution in [0.25, 0.3) is 0 Å². The van der Waals surface area contributed by atoms with Gasteiger partial charge in [0, 0.05) is 0 Å². The second-order valence-corrected chi connectivity index (χ2v) is 5.24. The van der Waals surface area contributed by atoms with Gasteiger partial charge in [-0.2, -0.15) is 0 Å². The standard InChI is InChI=1S/C11H22N2O/c1-7-10(3,4)12-9(14)13(12)11(5,6)8-2/h7-8H2,1-6H3. The van der Waals surface area contributed by atoms with Crippen LogP contribution in [-0.2, 0) is 0 Å². The Hall–Kier alpha value is -0.730. The van der Waals surface area contributed by atoms with E-state index in [1.807, 2.05) is 10.0 Å². The fourth-order valence-corrected chi connectivity index (χ4v) is 1.49. The molecule has 1 rings (SSSR count). The summed E-state index contributed by atoms with van der Waals surface area (Å²) in [7, 11) is 0. The minimum atomic E-state index is -0.0382. The lowest BCUT2D eigenvalue weighted by Crippen LogP contribution is -2.39. The van der Waals surface area contributed by atoms with Crippen molar-refractivity contribution in [3.8, 4) is 0 Å². The normalized spacial score (nSPS) is 17.7. The third-order valence-corrected chi connectivity index (χ3v) is 3.40. The molecule has 0 spiro atoms. The van der Waals surface area contributed by atoms with Crippen molar-refractivity contribution in [2.45, 2.75) is 65.5 Å². The summed E-state index contributed by atoms with van der Waals surface area (Å²) in [6.45, 7) is 12.7. The molecule has 0 N–H and O–H groups in total. The minimum absolute atomic E-state index is 0.0382. The number of rotatable bonds is 4. The van der Waals surface area contributed by atoms with Crippen molar-refractivity contribution >= 4 is 6.03 Å². The van der Waals surface area contributed by atoms with Crippen molar-refractivity contribution in [3.63, 3.8) is 0 Å². The van der Waals surface area contributed by atoms with Crippen LogP contribution >= 0.6 is 0 Å². The molecule has 3 heteroatoms. The van der Waals surface area contributed by atoms with E-state index in [1.54, 1.807) is 0 Å². The Labute approximate surface area is 87.0 Å². The first-order chi connectivity index (χ1) is 6.28. The second-order valence-electron chi connectivity index (χ2n) is 5.24. The molecule has 0 aromatic heterocycles. The van der Waals surface area contributed by atoms with Crippen molar-refractivity contribution in [2.24, 2.45) is 0 Å². The Morgan fingerprint density at radius 2 is 1.21 bits per heavy atom. The second kappa shape index (κ2) is 3.14. The smallest absolute Gasteiger partial charge is 0.244 e. The predicted molar refractivity (Wildman–Crippen MR) is 57.8 cm³/mol. The monoisotopic (exact) mass is 198 g/mol. The van der Waals surface area contributed by atoms with Crippen LogP contribution in [0.1, 0.15) is 54.4 Å². The van der Waals surface area contributed by atoms with Gasteiger partial charge in [0.2, 0.25) is 0 Å². The third-order valence-electron chi connectivity index (χ3n) is 3.40. The summed E-state index contributed by atoms with van der Waals surface area (Å²) in [5, 5.41) is 3.77. The van der Waals surface area contributed by atoms with Gasteiger partial charge in [0.1, 0.15) is 0 Å². The number of hydrogen-bond acceptors (Lipinski definition) is 1. The van der Waals surface area contributed by atoms with Gasteiger partial charge < -0.3 is 0 Å². The van der Waals surface area contributed by atoms with Crippen LogP contribution in [-0.4, -0.2) is 27.1 Å². The zero-order valence-electron chi connectivity index (χ0n) is 10.2. The molecule has 0 bridgehead atoms. The molecule has 1 fully saturated rings. The zero-order chi connectivity index (χ0) is 11.1.